The normalized spacial score (nSPS) is 40.2. The molecule has 2 rings (SSSR count). The Kier molecular flexibility index (Phi) is 3.04. The van der Waals surface area contributed by atoms with Gasteiger partial charge in [-0.05, 0) is 43.4 Å². The van der Waals surface area contributed by atoms with Gasteiger partial charge in [0.1, 0.15) is 0 Å². The topological polar surface area (TPSA) is 0 Å². The highest BCUT2D eigenvalue weighted by molar-refractivity contribution is 5.20. The Balaban J connectivity index is 2.25. The second kappa shape index (κ2) is 4.15. The largest absolute Gasteiger partial charge is 0.0851 e. The molecule has 0 nitrogen and oxygen atoms in total. The fourth-order valence-corrected chi connectivity index (χ4v) is 3.44. The van der Waals surface area contributed by atoms with Crippen LogP contribution in [0.25, 0.3) is 0 Å². The third kappa shape index (κ3) is 2.04. The van der Waals surface area contributed by atoms with E-state index in [2.05, 4.69) is 45.9 Å². The Morgan fingerprint density at radius 2 is 2.00 bits per heavy atom. The first kappa shape index (κ1) is 11.0. The van der Waals surface area contributed by atoms with Crippen molar-refractivity contribution in [3.63, 3.8) is 0 Å². The van der Waals surface area contributed by atoms with E-state index < -0.39 is 0 Å². The van der Waals surface area contributed by atoms with Gasteiger partial charge in [0.05, 0.1) is 0 Å². The maximum Gasteiger partial charge on any atom is 0.000540 e. The lowest BCUT2D eigenvalue weighted by Crippen LogP contribution is -2.33. The number of hydrogen-bond acceptors (Lipinski definition) is 0. The molecule has 0 aromatic rings. The van der Waals surface area contributed by atoms with Gasteiger partial charge in [0.2, 0.25) is 0 Å². The van der Waals surface area contributed by atoms with Crippen molar-refractivity contribution in [1.82, 2.24) is 0 Å². The first-order valence-electron chi connectivity index (χ1n) is 6.44. The van der Waals surface area contributed by atoms with E-state index >= 15 is 0 Å². The van der Waals surface area contributed by atoms with E-state index in [0.717, 1.165) is 29.6 Å². The second-order valence-corrected chi connectivity index (χ2v) is 5.88. The molecule has 0 spiro atoms. The third-order valence-electron chi connectivity index (χ3n) is 4.40. The predicted octanol–water partition coefficient (Wildman–Crippen LogP) is 4.44. The molecule has 2 aliphatic carbocycles. The molecule has 0 N–H and O–H groups in total. The van der Waals surface area contributed by atoms with Gasteiger partial charge in [-0.2, -0.15) is 0 Å². The molecule has 84 valence electrons. The van der Waals surface area contributed by atoms with Crippen LogP contribution in [0.3, 0.4) is 0 Å². The van der Waals surface area contributed by atoms with Gasteiger partial charge in [-0.25, -0.2) is 0 Å². The minimum absolute atomic E-state index is 0.752. The lowest BCUT2D eigenvalue weighted by atomic mass is 9.63. The van der Waals surface area contributed by atoms with Crippen molar-refractivity contribution in [2.45, 2.75) is 40.5 Å². The van der Waals surface area contributed by atoms with E-state index in [1.807, 2.05) is 0 Å². The van der Waals surface area contributed by atoms with Crippen LogP contribution in [-0.2, 0) is 0 Å². The summed E-state index contributed by atoms with van der Waals surface area (Å²) in [6.07, 6.45) is 10.1. The van der Waals surface area contributed by atoms with E-state index in [0.29, 0.717) is 0 Å². The van der Waals surface area contributed by atoms with E-state index in [4.69, 9.17) is 0 Å². The molecule has 0 aromatic carbocycles. The van der Waals surface area contributed by atoms with Crippen molar-refractivity contribution >= 4 is 0 Å². The highest BCUT2D eigenvalue weighted by Crippen LogP contribution is 2.45. The summed E-state index contributed by atoms with van der Waals surface area (Å²) >= 11 is 0. The molecule has 0 saturated heterocycles. The summed E-state index contributed by atoms with van der Waals surface area (Å²) in [6.45, 7) is 9.45. The van der Waals surface area contributed by atoms with Gasteiger partial charge in [-0.15, -0.1) is 0 Å². The molecule has 0 amide bonds. The van der Waals surface area contributed by atoms with Gasteiger partial charge < -0.3 is 0 Å². The maximum absolute atomic E-state index is 2.48. The smallest absolute Gasteiger partial charge is 0.000540 e. The molecular formula is C15H24. The van der Waals surface area contributed by atoms with Gasteiger partial charge in [0.25, 0.3) is 0 Å². The highest BCUT2D eigenvalue weighted by Gasteiger charge is 2.35. The molecule has 0 bridgehead atoms. The van der Waals surface area contributed by atoms with Crippen molar-refractivity contribution in [3.8, 4) is 0 Å². The van der Waals surface area contributed by atoms with E-state index in [1.165, 1.54) is 12.8 Å². The van der Waals surface area contributed by atoms with E-state index in [-0.39, 0.29) is 0 Å². The summed E-state index contributed by atoms with van der Waals surface area (Å²) < 4.78 is 0. The molecule has 0 saturated carbocycles. The third-order valence-corrected chi connectivity index (χ3v) is 4.40. The van der Waals surface area contributed by atoms with E-state index in [1.54, 1.807) is 5.57 Å². The lowest BCUT2D eigenvalue weighted by Gasteiger charge is -2.42. The van der Waals surface area contributed by atoms with Crippen LogP contribution in [0.5, 0.6) is 0 Å². The quantitative estimate of drug-likeness (QED) is 0.554. The molecule has 0 heteroatoms. The van der Waals surface area contributed by atoms with Crippen LogP contribution in [-0.4, -0.2) is 0 Å². The molecule has 0 heterocycles. The average Bonchev–Trinajstić information content (AvgIpc) is 2.17. The summed E-state index contributed by atoms with van der Waals surface area (Å²) in [4.78, 5) is 0. The first-order chi connectivity index (χ1) is 7.09. The number of rotatable bonds is 1. The van der Waals surface area contributed by atoms with Gasteiger partial charge in [0, 0.05) is 5.92 Å². The minimum Gasteiger partial charge on any atom is -0.0851 e. The molecule has 0 aromatic heterocycles. The molecule has 4 atom stereocenters. The van der Waals surface area contributed by atoms with Crippen LogP contribution in [0.1, 0.15) is 40.5 Å². The molecule has 0 radical (unpaired) electrons. The van der Waals surface area contributed by atoms with Crippen LogP contribution in [0.4, 0.5) is 0 Å². The zero-order valence-corrected chi connectivity index (χ0v) is 10.5. The zero-order valence-electron chi connectivity index (χ0n) is 10.5. The number of hydrogen-bond donors (Lipinski definition) is 0. The van der Waals surface area contributed by atoms with Gasteiger partial charge in [-0.1, -0.05) is 44.6 Å². The Labute approximate surface area is 94.5 Å². The van der Waals surface area contributed by atoms with Crippen LogP contribution in [0.15, 0.2) is 23.8 Å². The fraction of sp³-hybridized carbons (Fsp3) is 0.733. The Hall–Kier alpha value is -0.520. The summed E-state index contributed by atoms with van der Waals surface area (Å²) in [5, 5.41) is 0. The van der Waals surface area contributed by atoms with Gasteiger partial charge >= 0.3 is 0 Å². The summed E-state index contributed by atoms with van der Waals surface area (Å²) in [5.41, 5.74) is 1.61. The van der Waals surface area contributed by atoms with Crippen LogP contribution in [0, 0.1) is 29.6 Å². The van der Waals surface area contributed by atoms with Gasteiger partial charge in [-0.3, -0.25) is 0 Å². The lowest BCUT2D eigenvalue weighted by molar-refractivity contribution is 0.173. The maximum atomic E-state index is 2.48. The van der Waals surface area contributed by atoms with Crippen molar-refractivity contribution in [1.29, 1.82) is 0 Å². The van der Waals surface area contributed by atoms with Crippen LogP contribution >= 0.6 is 0 Å². The zero-order chi connectivity index (χ0) is 11.0. The highest BCUT2D eigenvalue weighted by atomic mass is 14.4. The summed E-state index contributed by atoms with van der Waals surface area (Å²) in [5.74, 6) is 4.20. The SMILES string of the molecule is CC1=CC[C@@H](C(C)C)[C@@H]2C[C@H](C)C=C[C@@H]12. The molecule has 0 fully saturated rings. The molecule has 0 aliphatic heterocycles. The Morgan fingerprint density at radius 1 is 1.27 bits per heavy atom. The fourth-order valence-electron chi connectivity index (χ4n) is 3.44. The minimum atomic E-state index is 0.752. The van der Waals surface area contributed by atoms with Crippen LogP contribution < -0.4 is 0 Å². The first-order valence-corrected chi connectivity index (χ1v) is 6.44. The molecule has 15 heavy (non-hydrogen) atoms. The average molecular weight is 204 g/mol. The number of allylic oxidation sites excluding steroid dienone is 4. The van der Waals surface area contributed by atoms with E-state index in [9.17, 15) is 0 Å². The Bertz CT molecular complexity index is 282. The summed E-state index contributed by atoms with van der Waals surface area (Å²) in [7, 11) is 0. The van der Waals surface area contributed by atoms with Gasteiger partial charge in [0.15, 0.2) is 0 Å². The number of fused-ring (bicyclic) bond motifs is 1. The van der Waals surface area contributed by atoms with Crippen molar-refractivity contribution < 1.29 is 0 Å². The van der Waals surface area contributed by atoms with Crippen molar-refractivity contribution in [3.05, 3.63) is 23.8 Å². The predicted molar refractivity (Wildman–Crippen MR) is 66.6 cm³/mol. The van der Waals surface area contributed by atoms with Crippen molar-refractivity contribution in [2.75, 3.05) is 0 Å². The summed E-state index contributed by atoms with van der Waals surface area (Å²) in [6, 6.07) is 0. The standard InChI is InChI=1S/C15H24/c1-10(2)13-8-6-12(4)14-7-5-11(3)9-15(13)14/h5-7,10-11,13-15H,8-9H2,1-4H3/t11-,13+,14+,15+/m1/s1. The molecule has 2 aliphatic rings. The van der Waals surface area contributed by atoms with Crippen LogP contribution in [0.2, 0.25) is 0 Å². The van der Waals surface area contributed by atoms with Crippen molar-refractivity contribution in [2.24, 2.45) is 29.6 Å². The monoisotopic (exact) mass is 204 g/mol. The Morgan fingerprint density at radius 3 is 2.67 bits per heavy atom. The molecule has 0 unspecified atom stereocenters. The second-order valence-electron chi connectivity index (χ2n) is 5.88. The molecular weight excluding hydrogens is 180 g/mol.